The Bertz CT molecular complexity index is 832. The summed E-state index contributed by atoms with van der Waals surface area (Å²) < 4.78 is 7.28. The van der Waals surface area contributed by atoms with Crippen molar-refractivity contribution in [2.75, 3.05) is 0 Å². The van der Waals surface area contributed by atoms with Crippen molar-refractivity contribution < 1.29 is 9.53 Å². The van der Waals surface area contributed by atoms with Gasteiger partial charge in [0.05, 0.1) is 6.04 Å². The summed E-state index contributed by atoms with van der Waals surface area (Å²) in [4.78, 5) is 12.4. The Morgan fingerprint density at radius 2 is 1.88 bits per heavy atom. The summed E-state index contributed by atoms with van der Waals surface area (Å²) >= 11 is 0. The molecule has 0 saturated carbocycles. The lowest BCUT2D eigenvalue weighted by Gasteiger charge is -2.13. The Morgan fingerprint density at radius 3 is 2.58 bits per heavy atom. The minimum absolute atomic E-state index is 0.219. The zero-order valence-corrected chi connectivity index (χ0v) is 13.4. The predicted octanol–water partition coefficient (Wildman–Crippen LogP) is 2.49. The minimum atomic E-state index is -0.309. The van der Waals surface area contributed by atoms with Gasteiger partial charge in [0.15, 0.2) is 5.82 Å². The normalized spacial score (nSPS) is 11.8. The predicted molar refractivity (Wildman–Crippen MR) is 87.6 cm³/mol. The van der Waals surface area contributed by atoms with Crippen LogP contribution in [-0.4, -0.2) is 26.1 Å². The van der Waals surface area contributed by atoms with Crippen LogP contribution in [0.4, 0.5) is 0 Å². The number of hydrogen-bond acceptors (Lipinski definition) is 5. The number of para-hydroxylation sites is 1. The molecule has 7 heteroatoms. The molecule has 3 aromatic rings. The van der Waals surface area contributed by atoms with Crippen LogP contribution in [0.2, 0.25) is 0 Å². The third-order valence-corrected chi connectivity index (χ3v) is 3.46. The van der Waals surface area contributed by atoms with Gasteiger partial charge in [0.1, 0.15) is 11.5 Å². The molecule has 0 unspecified atom stereocenters. The standard InChI is InChI=1S/C17H17N5O2/c1-12(16-19-20-21-22(16)2)18-17(23)13-7-6-10-15(11-13)24-14-8-4-3-5-9-14/h3-12H,1-2H3,(H,18,23)/t12-/m0/s1. The molecule has 0 aliphatic carbocycles. The lowest BCUT2D eigenvalue weighted by Crippen LogP contribution is -2.28. The highest BCUT2D eigenvalue weighted by Gasteiger charge is 2.16. The van der Waals surface area contributed by atoms with Gasteiger partial charge in [0.25, 0.3) is 5.91 Å². The summed E-state index contributed by atoms with van der Waals surface area (Å²) in [6.07, 6.45) is 0. The maximum Gasteiger partial charge on any atom is 0.251 e. The van der Waals surface area contributed by atoms with E-state index in [1.165, 1.54) is 4.68 Å². The van der Waals surface area contributed by atoms with Crippen molar-refractivity contribution in [3.8, 4) is 11.5 Å². The number of ether oxygens (including phenoxy) is 1. The second-order valence-corrected chi connectivity index (χ2v) is 5.30. The Hall–Kier alpha value is -3.22. The molecule has 1 heterocycles. The second kappa shape index (κ2) is 6.91. The van der Waals surface area contributed by atoms with Crippen molar-refractivity contribution >= 4 is 5.91 Å². The van der Waals surface area contributed by atoms with Crippen LogP contribution < -0.4 is 10.1 Å². The van der Waals surface area contributed by atoms with Gasteiger partial charge in [-0.1, -0.05) is 24.3 Å². The van der Waals surface area contributed by atoms with E-state index in [4.69, 9.17) is 4.74 Å². The monoisotopic (exact) mass is 323 g/mol. The second-order valence-electron chi connectivity index (χ2n) is 5.30. The van der Waals surface area contributed by atoms with Crippen molar-refractivity contribution in [1.29, 1.82) is 0 Å². The van der Waals surface area contributed by atoms with Crippen molar-refractivity contribution in [2.24, 2.45) is 7.05 Å². The van der Waals surface area contributed by atoms with Gasteiger partial charge in [0.2, 0.25) is 0 Å². The molecule has 1 aromatic heterocycles. The molecule has 1 N–H and O–H groups in total. The molecule has 3 rings (SSSR count). The number of rotatable bonds is 5. The molecule has 24 heavy (non-hydrogen) atoms. The van der Waals surface area contributed by atoms with E-state index >= 15 is 0 Å². The lowest BCUT2D eigenvalue weighted by atomic mass is 10.2. The highest BCUT2D eigenvalue weighted by atomic mass is 16.5. The van der Waals surface area contributed by atoms with Gasteiger partial charge >= 0.3 is 0 Å². The summed E-state index contributed by atoms with van der Waals surface area (Å²) in [5.41, 5.74) is 0.505. The Kier molecular flexibility index (Phi) is 4.51. The van der Waals surface area contributed by atoms with Crippen molar-refractivity contribution in [2.45, 2.75) is 13.0 Å². The highest BCUT2D eigenvalue weighted by Crippen LogP contribution is 2.22. The number of carbonyl (C=O) groups is 1. The topological polar surface area (TPSA) is 81.9 Å². The fourth-order valence-electron chi connectivity index (χ4n) is 2.27. The van der Waals surface area contributed by atoms with E-state index < -0.39 is 0 Å². The van der Waals surface area contributed by atoms with Gasteiger partial charge < -0.3 is 10.1 Å². The third-order valence-electron chi connectivity index (χ3n) is 3.46. The van der Waals surface area contributed by atoms with Crippen molar-refractivity contribution in [3.05, 3.63) is 66.0 Å². The SMILES string of the molecule is C[C@H](NC(=O)c1cccc(Oc2ccccc2)c1)c1nnnn1C. The van der Waals surface area contributed by atoms with Crippen molar-refractivity contribution in [3.63, 3.8) is 0 Å². The largest absolute Gasteiger partial charge is 0.457 e. The van der Waals surface area contributed by atoms with Gasteiger partial charge in [-0.05, 0) is 47.7 Å². The van der Waals surface area contributed by atoms with Crippen LogP contribution >= 0.6 is 0 Å². The first-order valence-electron chi connectivity index (χ1n) is 7.49. The van der Waals surface area contributed by atoms with E-state index in [9.17, 15) is 4.79 Å². The minimum Gasteiger partial charge on any atom is -0.457 e. The smallest absolute Gasteiger partial charge is 0.251 e. The summed E-state index contributed by atoms with van der Waals surface area (Å²) in [5, 5.41) is 14.1. The molecule has 0 bridgehead atoms. The number of amides is 1. The highest BCUT2D eigenvalue weighted by molar-refractivity contribution is 5.94. The summed E-state index contributed by atoms with van der Waals surface area (Å²) in [7, 11) is 1.73. The first-order chi connectivity index (χ1) is 11.6. The van der Waals surface area contributed by atoms with Crippen LogP contribution in [0.5, 0.6) is 11.5 Å². The number of tetrazole rings is 1. The van der Waals surface area contributed by atoms with Gasteiger partial charge in [-0.3, -0.25) is 4.79 Å². The molecule has 0 aliphatic heterocycles. The number of benzene rings is 2. The zero-order chi connectivity index (χ0) is 16.9. The van der Waals surface area contributed by atoms with Crippen LogP contribution in [0.3, 0.4) is 0 Å². The van der Waals surface area contributed by atoms with Gasteiger partial charge in [-0.2, -0.15) is 0 Å². The van der Waals surface area contributed by atoms with Crippen LogP contribution in [0.1, 0.15) is 29.1 Å². The fraction of sp³-hybridized carbons (Fsp3) is 0.176. The molecule has 0 aliphatic rings. The first-order valence-corrected chi connectivity index (χ1v) is 7.49. The number of carbonyl (C=O) groups excluding carboxylic acids is 1. The Labute approximate surface area is 139 Å². The van der Waals surface area contributed by atoms with Crippen molar-refractivity contribution in [1.82, 2.24) is 25.5 Å². The maximum atomic E-state index is 12.4. The van der Waals surface area contributed by atoms with Gasteiger partial charge in [-0.25, -0.2) is 4.68 Å². The summed E-state index contributed by atoms with van der Waals surface area (Å²) in [6.45, 7) is 1.83. The van der Waals surface area contributed by atoms with Crippen LogP contribution in [0.25, 0.3) is 0 Å². The molecular weight excluding hydrogens is 306 g/mol. The average molecular weight is 323 g/mol. The van der Waals surface area contributed by atoms with E-state index in [0.717, 1.165) is 0 Å². The number of aromatic nitrogens is 4. The maximum absolute atomic E-state index is 12.4. The lowest BCUT2D eigenvalue weighted by molar-refractivity contribution is 0.0937. The Morgan fingerprint density at radius 1 is 1.12 bits per heavy atom. The number of nitrogens with zero attached hydrogens (tertiary/aromatic N) is 4. The molecule has 7 nitrogen and oxygen atoms in total. The molecule has 0 saturated heterocycles. The van der Waals surface area contributed by atoms with Crippen LogP contribution in [0, 0.1) is 0 Å². The molecule has 1 atom stereocenters. The summed E-state index contributed by atoms with van der Waals surface area (Å²) in [5.74, 6) is 1.68. The van der Waals surface area contributed by atoms with Gasteiger partial charge in [0, 0.05) is 12.6 Å². The molecule has 2 aromatic carbocycles. The quantitative estimate of drug-likeness (QED) is 0.780. The van der Waals surface area contributed by atoms with Gasteiger partial charge in [-0.15, -0.1) is 5.10 Å². The van der Waals surface area contributed by atoms with E-state index in [-0.39, 0.29) is 11.9 Å². The van der Waals surface area contributed by atoms with E-state index in [1.807, 2.05) is 37.3 Å². The van der Waals surface area contributed by atoms with Crippen LogP contribution in [0.15, 0.2) is 54.6 Å². The fourth-order valence-corrected chi connectivity index (χ4v) is 2.27. The molecular formula is C17H17N5O2. The molecule has 0 radical (unpaired) electrons. The third kappa shape index (κ3) is 3.57. The number of aryl methyl sites for hydroxylation is 1. The zero-order valence-electron chi connectivity index (χ0n) is 13.4. The van der Waals surface area contributed by atoms with E-state index in [2.05, 4.69) is 20.8 Å². The number of nitrogens with one attached hydrogen (secondary N) is 1. The molecule has 0 fully saturated rings. The summed E-state index contributed by atoms with van der Waals surface area (Å²) in [6, 6.07) is 16.1. The van der Waals surface area contributed by atoms with Crippen LogP contribution in [-0.2, 0) is 7.05 Å². The Balaban J connectivity index is 1.71. The van der Waals surface area contributed by atoms with E-state index in [0.29, 0.717) is 22.9 Å². The van der Waals surface area contributed by atoms with E-state index in [1.54, 1.807) is 31.3 Å². The molecule has 1 amide bonds. The molecule has 0 spiro atoms. The molecule has 122 valence electrons. The first kappa shape index (κ1) is 15.7. The average Bonchev–Trinajstić information content (AvgIpc) is 3.02. The number of hydrogen-bond donors (Lipinski definition) is 1.